The van der Waals surface area contributed by atoms with Crippen LogP contribution in [0.15, 0.2) is 24.8 Å². The highest BCUT2D eigenvalue weighted by Gasteiger charge is 2.41. The number of amides is 1. The van der Waals surface area contributed by atoms with Crippen molar-refractivity contribution in [3.63, 3.8) is 0 Å². The molecular weight excluding hydrogens is 434 g/mol. The number of piperidine rings is 1. The molecule has 1 saturated heterocycles. The Labute approximate surface area is 203 Å². The average molecular weight is 474 g/mol. The third-order valence-corrected chi connectivity index (χ3v) is 7.10. The zero-order valence-corrected chi connectivity index (χ0v) is 20.8. The summed E-state index contributed by atoms with van der Waals surface area (Å²) in [5.41, 5.74) is 0.699. The molecule has 0 spiro atoms. The number of likely N-dealkylation sites (tertiary alicyclic amines) is 1. The van der Waals surface area contributed by atoms with E-state index in [0.29, 0.717) is 30.7 Å². The van der Waals surface area contributed by atoms with E-state index in [1.807, 2.05) is 6.92 Å². The molecule has 7 heteroatoms. The van der Waals surface area contributed by atoms with Crippen LogP contribution in [0.3, 0.4) is 0 Å². The molecule has 188 valence electrons. The molecule has 1 N–H and O–H groups in total. The van der Waals surface area contributed by atoms with Crippen molar-refractivity contribution in [2.75, 3.05) is 20.8 Å². The Hall–Kier alpha value is -2.70. The van der Waals surface area contributed by atoms with Gasteiger partial charge in [0, 0.05) is 13.0 Å². The molecule has 3 rings (SSSR count). The molecule has 1 aliphatic carbocycles. The van der Waals surface area contributed by atoms with E-state index < -0.39 is 12.0 Å². The van der Waals surface area contributed by atoms with E-state index in [0.717, 1.165) is 44.9 Å². The zero-order valence-electron chi connectivity index (χ0n) is 20.8. The van der Waals surface area contributed by atoms with Crippen LogP contribution in [-0.4, -0.2) is 54.8 Å². The summed E-state index contributed by atoms with van der Waals surface area (Å²) in [7, 11) is 2.98. The quantitative estimate of drug-likeness (QED) is 0.403. The van der Waals surface area contributed by atoms with Gasteiger partial charge in [-0.05, 0) is 62.6 Å². The van der Waals surface area contributed by atoms with E-state index in [4.69, 9.17) is 14.2 Å². The number of phenols is 1. The first kappa shape index (κ1) is 25.9. The fraction of sp³-hybridized carbons (Fsp3) is 0.630. The first-order valence-corrected chi connectivity index (χ1v) is 12.5. The lowest BCUT2D eigenvalue weighted by molar-refractivity contribution is -0.161. The molecule has 1 aliphatic heterocycles. The van der Waals surface area contributed by atoms with Gasteiger partial charge in [0.1, 0.15) is 12.1 Å². The van der Waals surface area contributed by atoms with Crippen molar-refractivity contribution in [2.45, 2.75) is 82.8 Å². The van der Waals surface area contributed by atoms with Gasteiger partial charge in [0.2, 0.25) is 11.7 Å². The molecule has 3 atom stereocenters. The summed E-state index contributed by atoms with van der Waals surface area (Å²) in [6.07, 6.45) is 9.52. The lowest BCUT2D eigenvalue weighted by Crippen LogP contribution is -2.51. The topological polar surface area (TPSA) is 85.3 Å². The molecular formula is C27H39NO6. The van der Waals surface area contributed by atoms with E-state index in [1.165, 1.54) is 14.2 Å². The van der Waals surface area contributed by atoms with Crippen molar-refractivity contribution in [3.8, 4) is 17.2 Å². The van der Waals surface area contributed by atoms with Gasteiger partial charge in [0.15, 0.2) is 11.5 Å². The van der Waals surface area contributed by atoms with Crippen molar-refractivity contribution in [1.82, 2.24) is 4.90 Å². The predicted molar refractivity (Wildman–Crippen MR) is 130 cm³/mol. The molecule has 0 bridgehead atoms. The van der Waals surface area contributed by atoms with E-state index >= 15 is 0 Å². The summed E-state index contributed by atoms with van der Waals surface area (Å²) in [5.74, 6) is -0.174. The molecule has 0 aromatic heterocycles. The standard InChI is InChI=1S/C27H39NO6/c1-5-11-18(2)34-27(31)21-14-9-10-15-28(21)26(30)24(19-12-7-6-8-13-19)20-16-22(29)25(33-4)23(17-20)32-3/h5,16-19,21,24,29H,1,6-15H2,2-4H3/t18-,21-,24-/m0/s1. The third-order valence-electron chi connectivity index (χ3n) is 7.10. The van der Waals surface area contributed by atoms with E-state index in [-0.39, 0.29) is 35.4 Å². The number of methoxy groups -OCH3 is 2. The average Bonchev–Trinajstić information content (AvgIpc) is 2.84. The first-order chi connectivity index (χ1) is 16.4. The first-order valence-electron chi connectivity index (χ1n) is 12.5. The highest BCUT2D eigenvalue weighted by Crippen LogP contribution is 2.44. The third kappa shape index (κ3) is 5.86. The number of benzene rings is 1. The molecule has 0 radical (unpaired) electrons. The normalized spacial score (nSPS) is 20.8. The summed E-state index contributed by atoms with van der Waals surface area (Å²) in [4.78, 5) is 28.9. The van der Waals surface area contributed by atoms with Crippen molar-refractivity contribution >= 4 is 11.9 Å². The second-order valence-corrected chi connectivity index (χ2v) is 9.47. The lowest BCUT2D eigenvalue weighted by atomic mass is 9.75. The summed E-state index contributed by atoms with van der Waals surface area (Å²) >= 11 is 0. The second-order valence-electron chi connectivity index (χ2n) is 9.47. The van der Waals surface area contributed by atoms with Gasteiger partial charge in [-0.3, -0.25) is 4.79 Å². The second kappa shape index (κ2) is 12.1. The van der Waals surface area contributed by atoms with Gasteiger partial charge in [0.05, 0.1) is 20.1 Å². The highest BCUT2D eigenvalue weighted by molar-refractivity contribution is 5.89. The largest absolute Gasteiger partial charge is 0.504 e. The Bertz CT molecular complexity index is 863. The van der Waals surface area contributed by atoms with Gasteiger partial charge in [0.25, 0.3) is 0 Å². The SMILES string of the molecule is C=CC[C@H](C)OC(=O)[C@@H]1CCCCN1C(=O)[C@H](c1cc(O)c(OC)c(OC)c1)C1CCCCC1. The van der Waals surface area contributed by atoms with Crippen LogP contribution in [0.4, 0.5) is 0 Å². The fourth-order valence-corrected chi connectivity index (χ4v) is 5.41. The molecule has 1 saturated carbocycles. The van der Waals surface area contributed by atoms with Crippen LogP contribution >= 0.6 is 0 Å². The Balaban J connectivity index is 1.95. The predicted octanol–water partition coefficient (Wildman–Crippen LogP) is 4.96. The Kier molecular flexibility index (Phi) is 9.25. The van der Waals surface area contributed by atoms with Crippen LogP contribution in [0.5, 0.6) is 17.2 Å². The van der Waals surface area contributed by atoms with Crippen LogP contribution in [0.1, 0.15) is 76.2 Å². The lowest BCUT2D eigenvalue weighted by Gasteiger charge is -2.39. The smallest absolute Gasteiger partial charge is 0.329 e. The van der Waals surface area contributed by atoms with Gasteiger partial charge in [-0.2, -0.15) is 0 Å². The minimum atomic E-state index is -0.589. The Morgan fingerprint density at radius 3 is 2.47 bits per heavy atom. The molecule has 1 amide bonds. The molecule has 1 aromatic carbocycles. The van der Waals surface area contributed by atoms with Gasteiger partial charge >= 0.3 is 5.97 Å². The van der Waals surface area contributed by atoms with Crippen LogP contribution in [0.2, 0.25) is 0 Å². The number of ether oxygens (including phenoxy) is 3. The molecule has 2 aliphatic rings. The van der Waals surface area contributed by atoms with Crippen molar-refractivity contribution in [3.05, 3.63) is 30.4 Å². The molecule has 1 aromatic rings. The van der Waals surface area contributed by atoms with E-state index in [2.05, 4.69) is 6.58 Å². The van der Waals surface area contributed by atoms with Gasteiger partial charge < -0.3 is 24.2 Å². The number of nitrogens with zero attached hydrogens (tertiary/aromatic N) is 1. The molecule has 2 fully saturated rings. The number of aromatic hydroxyl groups is 1. The van der Waals surface area contributed by atoms with Crippen LogP contribution in [-0.2, 0) is 14.3 Å². The van der Waals surface area contributed by atoms with E-state index in [9.17, 15) is 14.7 Å². The van der Waals surface area contributed by atoms with Gasteiger partial charge in [-0.1, -0.05) is 25.3 Å². The maximum atomic E-state index is 14.1. The fourth-order valence-electron chi connectivity index (χ4n) is 5.41. The zero-order chi connectivity index (χ0) is 24.7. The molecule has 0 unspecified atom stereocenters. The van der Waals surface area contributed by atoms with Crippen LogP contribution in [0, 0.1) is 5.92 Å². The van der Waals surface area contributed by atoms with Crippen LogP contribution < -0.4 is 9.47 Å². The number of carbonyl (C=O) groups excluding carboxylic acids is 2. The number of esters is 1. The summed E-state index contributed by atoms with van der Waals surface area (Å²) < 4.78 is 16.4. The molecule has 7 nitrogen and oxygen atoms in total. The number of phenolic OH excluding ortho intramolecular Hbond substituents is 1. The Morgan fingerprint density at radius 1 is 1.12 bits per heavy atom. The maximum Gasteiger partial charge on any atom is 0.329 e. The molecule has 1 heterocycles. The van der Waals surface area contributed by atoms with Gasteiger partial charge in [-0.25, -0.2) is 4.79 Å². The number of hydrogen-bond donors (Lipinski definition) is 1. The minimum absolute atomic E-state index is 0.0571. The van der Waals surface area contributed by atoms with Crippen LogP contribution in [0.25, 0.3) is 0 Å². The molecule has 34 heavy (non-hydrogen) atoms. The minimum Gasteiger partial charge on any atom is -0.504 e. The van der Waals surface area contributed by atoms with Crippen molar-refractivity contribution < 1.29 is 28.9 Å². The number of rotatable bonds is 9. The van der Waals surface area contributed by atoms with Crippen molar-refractivity contribution in [1.29, 1.82) is 0 Å². The number of hydrogen-bond acceptors (Lipinski definition) is 6. The number of carbonyl (C=O) groups is 2. The van der Waals surface area contributed by atoms with Crippen molar-refractivity contribution in [2.24, 2.45) is 5.92 Å². The monoisotopic (exact) mass is 473 g/mol. The summed E-state index contributed by atoms with van der Waals surface area (Å²) in [5, 5.41) is 10.6. The summed E-state index contributed by atoms with van der Waals surface area (Å²) in [6, 6.07) is 2.81. The highest BCUT2D eigenvalue weighted by atomic mass is 16.5. The summed E-state index contributed by atoms with van der Waals surface area (Å²) in [6.45, 7) is 6.07. The maximum absolute atomic E-state index is 14.1. The Morgan fingerprint density at radius 2 is 1.82 bits per heavy atom. The van der Waals surface area contributed by atoms with Gasteiger partial charge in [-0.15, -0.1) is 6.58 Å². The van der Waals surface area contributed by atoms with E-state index in [1.54, 1.807) is 23.1 Å².